The summed E-state index contributed by atoms with van der Waals surface area (Å²) in [5.41, 5.74) is 2.92. The van der Waals surface area contributed by atoms with Crippen LogP contribution >= 0.6 is 23.1 Å². The number of thioether (sulfide) groups is 1. The lowest BCUT2D eigenvalue weighted by atomic mass is 10.2. The van der Waals surface area contributed by atoms with Gasteiger partial charge in [-0.05, 0) is 37.0 Å². The number of thiophene rings is 1. The van der Waals surface area contributed by atoms with Crippen molar-refractivity contribution in [2.45, 2.75) is 30.8 Å². The minimum absolute atomic E-state index is 0.300. The molecule has 0 unspecified atom stereocenters. The van der Waals surface area contributed by atoms with E-state index >= 15 is 0 Å². The van der Waals surface area contributed by atoms with E-state index in [-0.39, 0.29) is 5.76 Å². The highest BCUT2D eigenvalue weighted by atomic mass is 32.2. The standard InChI is InChI=1S/C18H15N3O2S2/c22-18-21(12-5-1-2-6-13(12)23-18)8-9-24-16-15-11-4-3-7-14(11)25-17(15)20-10-19-16/h1-2,5-6,10H,3-4,7-9H2. The molecular formula is C18H15N3O2S2. The number of aryl methyl sites for hydroxylation is 3. The molecule has 0 fully saturated rings. The van der Waals surface area contributed by atoms with Gasteiger partial charge < -0.3 is 4.42 Å². The summed E-state index contributed by atoms with van der Waals surface area (Å²) in [5, 5.41) is 2.26. The van der Waals surface area contributed by atoms with Crippen LogP contribution in [0.1, 0.15) is 16.9 Å². The average Bonchev–Trinajstić information content (AvgIpc) is 3.28. The maximum absolute atomic E-state index is 12.1. The zero-order valence-electron chi connectivity index (χ0n) is 13.4. The first kappa shape index (κ1) is 15.2. The molecule has 0 amide bonds. The summed E-state index contributed by atoms with van der Waals surface area (Å²) in [7, 11) is 0. The molecular weight excluding hydrogens is 354 g/mol. The smallest absolute Gasteiger partial charge is 0.408 e. The highest BCUT2D eigenvalue weighted by Gasteiger charge is 2.21. The van der Waals surface area contributed by atoms with Crippen LogP contribution in [0.5, 0.6) is 0 Å². The second-order valence-electron chi connectivity index (χ2n) is 6.05. The summed E-state index contributed by atoms with van der Waals surface area (Å²) >= 11 is 3.49. The molecule has 25 heavy (non-hydrogen) atoms. The fourth-order valence-electron chi connectivity index (χ4n) is 3.47. The summed E-state index contributed by atoms with van der Waals surface area (Å²) in [6.07, 6.45) is 5.17. The van der Waals surface area contributed by atoms with Gasteiger partial charge in [-0.1, -0.05) is 12.1 Å². The minimum Gasteiger partial charge on any atom is -0.408 e. The highest BCUT2D eigenvalue weighted by Crippen LogP contribution is 2.40. The van der Waals surface area contributed by atoms with E-state index in [0.717, 1.165) is 34.0 Å². The Labute approximate surface area is 151 Å². The first-order chi connectivity index (χ1) is 12.3. The quantitative estimate of drug-likeness (QED) is 0.403. The molecule has 0 radical (unpaired) electrons. The molecule has 0 spiro atoms. The zero-order chi connectivity index (χ0) is 16.8. The van der Waals surface area contributed by atoms with Crippen molar-refractivity contribution in [1.82, 2.24) is 14.5 Å². The van der Waals surface area contributed by atoms with E-state index < -0.39 is 0 Å². The number of oxazole rings is 1. The molecule has 5 nitrogen and oxygen atoms in total. The van der Waals surface area contributed by atoms with Gasteiger partial charge in [-0.25, -0.2) is 14.8 Å². The van der Waals surface area contributed by atoms with Crippen molar-refractivity contribution >= 4 is 44.4 Å². The number of hydrogen-bond acceptors (Lipinski definition) is 6. The molecule has 7 heteroatoms. The lowest BCUT2D eigenvalue weighted by Crippen LogP contribution is -2.15. The van der Waals surface area contributed by atoms with Crippen molar-refractivity contribution in [1.29, 1.82) is 0 Å². The summed E-state index contributed by atoms with van der Waals surface area (Å²) in [6, 6.07) is 7.53. The first-order valence-corrected chi connectivity index (χ1v) is 10.1. The fraction of sp³-hybridized carbons (Fsp3) is 0.278. The van der Waals surface area contributed by atoms with E-state index in [0.29, 0.717) is 12.1 Å². The molecule has 3 aromatic heterocycles. The van der Waals surface area contributed by atoms with E-state index in [2.05, 4.69) is 9.97 Å². The van der Waals surface area contributed by atoms with Crippen molar-refractivity contribution in [2.24, 2.45) is 0 Å². The van der Waals surface area contributed by atoms with Crippen LogP contribution in [0.4, 0.5) is 0 Å². The van der Waals surface area contributed by atoms with Crippen LogP contribution in [-0.2, 0) is 19.4 Å². The molecule has 5 rings (SSSR count). The second-order valence-corrected chi connectivity index (χ2v) is 8.22. The third-order valence-electron chi connectivity index (χ3n) is 4.59. The summed E-state index contributed by atoms with van der Waals surface area (Å²) in [6.45, 7) is 0.596. The molecule has 0 saturated carbocycles. The Kier molecular flexibility index (Phi) is 3.64. The van der Waals surface area contributed by atoms with Crippen LogP contribution in [0.3, 0.4) is 0 Å². The lowest BCUT2D eigenvalue weighted by molar-refractivity contribution is 0.514. The van der Waals surface area contributed by atoms with E-state index in [1.54, 1.807) is 34.0 Å². The van der Waals surface area contributed by atoms with Crippen LogP contribution in [-0.4, -0.2) is 20.3 Å². The number of para-hydroxylation sites is 2. The van der Waals surface area contributed by atoms with Gasteiger partial charge in [-0.3, -0.25) is 4.57 Å². The van der Waals surface area contributed by atoms with Gasteiger partial charge in [0, 0.05) is 22.6 Å². The van der Waals surface area contributed by atoms with E-state index in [1.807, 2.05) is 24.3 Å². The lowest BCUT2D eigenvalue weighted by Gasteiger charge is -2.04. The molecule has 3 heterocycles. The molecule has 4 aromatic rings. The van der Waals surface area contributed by atoms with Gasteiger partial charge in [0.25, 0.3) is 0 Å². The first-order valence-electron chi connectivity index (χ1n) is 8.27. The number of nitrogens with zero attached hydrogens (tertiary/aromatic N) is 3. The van der Waals surface area contributed by atoms with E-state index in [1.165, 1.54) is 22.2 Å². The molecule has 126 valence electrons. The van der Waals surface area contributed by atoms with Gasteiger partial charge in [-0.2, -0.15) is 0 Å². The molecule has 0 bridgehead atoms. The van der Waals surface area contributed by atoms with Gasteiger partial charge in [0.2, 0.25) is 0 Å². The molecule has 1 aliphatic rings. The van der Waals surface area contributed by atoms with Gasteiger partial charge in [0.05, 0.1) is 5.52 Å². The maximum atomic E-state index is 12.1. The van der Waals surface area contributed by atoms with Crippen LogP contribution in [0.25, 0.3) is 21.3 Å². The van der Waals surface area contributed by atoms with Crippen molar-refractivity contribution < 1.29 is 4.42 Å². The van der Waals surface area contributed by atoms with Gasteiger partial charge in [-0.15, -0.1) is 23.1 Å². The monoisotopic (exact) mass is 369 g/mol. The molecule has 0 aliphatic heterocycles. The average molecular weight is 369 g/mol. The predicted molar refractivity (Wildman–Crippen MR) is 101 cm³/mol. The number of benzene rings is 1. The van der Waals surface area contributed by atoms with Crippen LogP contribution in [0.15, 0.2) is 44.8 Å². The molecule has 1 aromatic carbocycles. The SMILES string of the molecule is O=c1oc2ccccc2n1CCSc1ncnc2sc3c(c12)CCC3. The normalized spacial score (nSPS) is 13.8. The highest BCUT2D eigenvalue weighted by molar-refractivity contribution is 7.99. The number of aromatic nitrogens is 3. The maximum Gasteiger partial charge on any atom is 0.419 e. The van der Waals surface area contributed by atoms with Crippen molar-refractivity contribution in [3.05, 3.63) is 51.6 Å². The minimum atomic E-state index is -0.300. The van der Waals surface area contributed by atoms with Gasteiger partial charge in [0.15, 0.2) is 5.58 Å². The zero-order valence-corrected chi connectivity index (χ0v) is 15.0. The molecule has 0 saturated heterocycles. The Bertz CT molecular complexity index is 1140. The Morgan fingerprint density at radius 2 is 2.16 bits per heavy atom. The van der Waals surface area contributed by atoms with E-state index in [4.69, 9.17) is 4.42 Å². The summed E-state index contributed by atoms with van der Waals surface area (Å²) < 4.78 is 6.99. The predicted octanol–water partition coefficient (Wildman–Crippen LogP) is 3.88. The second kappa shape index (κ2) is 6.00. The summed E-state index contributed by atoms with van der Waals surface area (Å²) in [5.74, 6) is 0.464. The number of fused-ring (bicyclic) bond motifs is 4. The molecule has 0 N–H and O–H groups in total. The summed E-state index contributed by atoms with van der Waals surface area (Å²) in [4.78, 5) is 23.6. The topological polar surface area (TPSA) is 60.9 Å². The Morgan fingerprint density at radius 3 is 3.12 bits per heavy atom. The van der Waals surface area contributed by atoms with Gasteiger partial charge >= 0.3 is 5.76 Å². The van der Waals surface area contributed by atoms with Crippen LogP contribution in [0, 0.1) is 0 Å². The molecule has 1 aliphatic carbocycles. The Balaban J connectivity index is 1.43. The van der Waals surface area contributed by atoms with Crippen LogP contribution < -0.4 is 5.76 Å². The van der Waals surface area contributed by atoms with Gasteiger partial charge in [0.1, 0.15) is 16.2 Å². The Hall–Kier alpha value is -2.12. The van der Waals surface area contributed by atoms with Crippen LogP contribution in [0.2, 0.25) is 0 Å². The largest absolute Gasteiger partial charge is 0.419 e. The van der Waals surface area contributed by atoms with Crippen molar-refractivity contribution in [3.63, 3.8) is 0 Å². The number of rotatable bonds is 4. The Morgan fingerprint density at radius 1 is 1.24 bits per heavy atom. The third-order valence-corrected chi connectivity index (χ3v) is 6.76. The number of hydrogen-bond donors (Lipinski definition) is 0. The van der Waals surface area contributed by atoms with Crippen molar-refractivity contribution in [2.75, 3.05) is 5.75 Å². The van der Waals surface area contributed by atoms with E-state index in [9.17, 15) is 4.79 Å². The fourth-order valence-corrected chi connectivity index (χ4v) is 5.71. The van der Waals surface area contributed by atoms with Crippen molar-refractivity contribution in [3.8, 4) is 0 Å². The third kappa shape index (κ3) is 2.49. The molecule has 0 atom stereocenters.